The Labute approximate surface area is 118 Å². The van der Waals surface area contributed by atoms with Crippen molar-refractivity contribution >= 4 is 11.6 Å². The van der Waals surface area contributed by atoms with Crippen LogP contribution in [0.2, 0.25) is 5.02 Å². The number of hydrogen-bond donors (Lipinski definition) is 1. The van der Waals surface area contributed by atoms with Crippen molar-refractivity contribution in [3.63, 3.8) is 0 Å². The third kappa shape index (κ3) is 3.55. The first-order chi connectivity index (χ1) is 9.08. The van der Waals surface area contributed by atoms with Crippen LogP contribution < -0.4 is 5.73 Å². The fraction of sp³-hybridized carbons (Fsp3) is 0.250. The summed E-state index contributed by atoms with van der Waals surface area (Å²) in [6.07, 6.45) is 0.475. The molecule has 2 rings (SSSR count). The fourth-order valence-corrected chi connectivity index (χ4v) is 2.33. The van der Waals surface area contributed by atoms with Crippen molar-refractivity contribution in [3.05, 3.63) is 70.5 Å². The lowest BCUT2D eigenvalue weighted by Crippen LogP contribution is -2.29. The second kappa shape index (κ2) is 6.18. The van der Waals surface area contributed by atoms with Gasteiger partial charge in [-0.05, 0) is 41.7 Å². The van der Waals surface area contributed by atoms with E-state index in [-0.39, 0.29) is 17.8 Å². The summed E-state index contributed by atoms with van der Waals surface area (Å²) in [4.78, 5) is 0. The van der Waals surface area contributed by atoms with Gasteiger partial charge < -0.3 is 5.73 Å². The Morgan fingerprint density at radius 3 is 2.53 bits per heavy atom. The number of nitrogens with two attached hydrogens (primary N) is 1. The van der Waals surface area contributed by atoms with Crippen LogP contribution in [0.4, 0.5) is 4.39 Å². The predicted molar refractivity (Wildman–Crippen MR) is 77.9 cm³/mol. The quantitative estimate of drug-likeness (QED) is 0.892. The first-order valence-corrected chi connectivity index (χ1v) is 6.70. The van der Waals surface area contributed by atoms with Gasteiger partial charge in [0.25, 0.3) is 0 Å². The molecule has 0 heterocycles. The third-order valence-corrected chi connectivity index (χ3v) is 3.67. The van der Waals surface area contributed by atoms with E-state index in [1.54, 1.807) is 12.1 Å². The van der Waals surface area contributed by atoms with Crippen molar-refractivity contribution in [1.82, 2.24) is 0 Å². The molecule has 1 nitrogen and oxygen atoms in total. The molecule has 100 valence electrons. The standard InChI is InChI=1S/C16H17ClFN/c1-11(12-5-3-2-4-6-12)16(19)10-13-9-14(17)7-8-15(13)18/h2-9,11,16H,10,19H2,1H3. The molecule has 0 aliphatic rings. The van der Waals surface area contributed by atoms with Gasteiger partial charge in [-0.2, -0.15) is 0 Å². The van der Waals surface area contributed by atoms with E-state index in [2.05, 4.69) is 6.92 Å². The molecule has 2 aromatic carbocycles. The molecule has 0 aromatic heterocycles. The third-order valence-electron chi connectivity index (χ3n) is 3.43. The lowest BCUT2D eigenvalue weighted by Gasteiger charge is -2.20. The van der Waals surface area contributed by atoms with Crippen LogP contribution in [0.3, 0.4) is 0 Å². The monoisotopic (exact) mass is 277 g/mol. The van der Waals surface area contributed by atoms with Gasteiger partial charge in [-0.1, -0.05) is 48.9 Å². The number of hydrogen-bond acceptors (Lipinski definition) is 1. The second-order valence-electron chi connectivity index (χ2n) is 4.80. The molecule has 0 radical (unpaired) electrons. The fourth-order valence-electron chi connectivity index (χ4n) is 2.13. The highest BCUT2D eigenvalue weighted by Crippen LogP contribution is 2.22. The molecule has 2 N–H and O–H groups in total. The van der Waals surface area contributed by atoms with Crippen molar-refractivity contribution in [2.45, 2.75) is 25.3 Å². The van der Waals surface area contributed by atoms with Crippen molar-refractivity contribution in [2.75, 3.05) is 0 Å². The molecule has 0 bridgehead atoms. The van der Waals surface area contributed by atoms with Gasteiger partial charge in [-0.25, -0.2) is 4.39 Å². The molecule has 0 spiro atoms. The lowest BCUT2D eigenvalue weighted by atomic mass is 9.90. The summed E-state index contributed by atoms with van der Waals surface area (Å²) < 4.78 is 13.7. The highest BCUT2D eigenvalue weighted by Gasteiger charge is 2.17. The van der Waals surface area contributed by atoms with E-state index >= 15 is 0 Å². The van der Waals surface area contributed by atoms with Gasteiger partial charge in [0.2, 0.25) is 0 Å². The summed E-state index contributed by atoms with van der Waals surface area (Å²) in [6, 6.07) is 14.5. The van der Waals surface area contributed by atoms with E-state index in [9.17, 15) is 4.39 Å². The number of benzene rings is 2. The van der Waals surface area contributed by atoms with Crippen LogP contribution in [0.5, 0.6) is 0 Å². The zero-order valence-electron chi connectivity index (χ0n) is 10.8. The summed E-state index contributed by atoms with van der Waals surface area (Å²) in [6.45, 7) is 2.06. The van der Waals surface area contributed by atoms with Crippen LogP contribution in [-0.4, -0.2) is 6.04 Å². The topological polar surface area (TPSA) is 26.0 Å². The second-order valence-corrected chi connectivity index (χ2v) is 5.24. The van der Waals surface area contributed by atoms with Crippen molar-refractivity contribution < 1.29 is 4.39 Å². The Bertz CT molecular complexity index is 542. The first-order valence-electron chi connectivity index (χ1n) is 6.32. The van der Waals surface area contributed by atoms with Gasteiger partial charge in [0, 0.05) is 11.1 Å². The SMILES string of the molecule is CC(c1ccccc1)C(N)Cc1cc(Cl)ccc1F. The molecule has 0 saturated heterocycles. The van der Waals surface area contributed by atoms with Crippen LogP contribution in [0.15, 0.2) is 48.5 Å². The molecule has 0 fully saturated rings. The van der Waals surface area contributed by atoms with Crippen LogP contribution in [0.25, 0.3) is 0 Å². The summed E-state index contributed by atoms with van der Waals surface area (Å²) in [7, 11) is 0. The van der Waals surface area contributed by atoms with Gasteiger partial charge >= 0.3 is 0 Å². The minimum atomic E-state index is -0.250. The maximum absolute atomic E-state index is 13.7. The normalized spacial score (nSPS) is 14.1. The molecule has 0 amide bonds. The van der Waals surface area contributed by atoms with Crippen molar-refractivity contribution in [2.24, 2.45) is 5.73 Å². The molecule has 0 aliphatic heterocycles. The van der Waals surface area contributed by atoms with Gasteiger partial charge in [-0.15, -0.1) is 0 Å². The number of rotatable bonds is 4. The minimum absolute atomic E-state index is 0.143. The van der Waals surface area contributed by atoms with Gasteiger partial charge in [-0.3, -0.25) is 0 Å². The zero-order chi connectivity index (χ0) is 13.8. The van der Waals surface area contributed by atoms with Gasteiger partial charge in [0.1, 0.15) is 5.82 Å². The lowest BCUT2D eigenvalue weighted by molar-refractivity contribution is 0.539. The molecule has 2 atom stereocenters. The summed E-state index contributed by atoms with van der Waals surface area (Å²) >= 11 is 5.89. The maximum Gasteiger partial charge on any atom is 0.126 e. The van der Waals surface area contributed by atoms with E-state index < -0.39 is 0 Å². The molecule has 2 aromatic rings. The summed E-state index contributed by atoms with van der Waals surface area (Å²) in [5.41, 5.74) is 7.93. The Hall–Kier alpha value is -1.38. The molecule has 0 saturated carbocycles. The Morgan fingerprint density at radius 2 is 1.84 bits per heavy atom. The van der Waals surface area contributed by atoms with E-state index in [4.69, 9.17) is 17.3 Å². The maximum atomic E-state index is 13.7. The van der Waals surface area contributed by atoms with E-state index in [0.29, 0.717) is 17.0 Å². The Kier molecular flexibility index (Phi) is 4.56. The zero-order valence-corrected chi connectivity index (χ0v) is 11.6. The van der Waals surface area contributed by atoms with Crippen LogP contribution >= 0.6 is 11.6 Å². The van der Waals surface area contributed by atoms with Gasteiger partial charge in [0.05, 0.1) is 0 Å². The molecule has 2 unspecified atom stereocenters. The number of halogens is 2. The molecular formula is C16H17ClFN. The van der Waals surface area contributed by atoms with Crippen LogP contribution in [0.1, 0.15) is 24.0 Å². The average Bonchev–Trinajstić information content (AvgIpc) is 2.43. The summed E-state index contributed by atoms with van der Waals surface area (Å²) in [5.74, 6) is -0.0836. The molecule has 19 heavy (non-hydrogen) atoms. The molecular weight excluding hydrogens is 261 g/mol. The van der Waals surface area contributed by atoms with E-state index in [0.717, 1.165) is 5.56 Å². The van der Waals surface area contributed by atoms with Crippen molar-refractivity contribution in [3.8, 4) is 0 Å². The molecule has 0 aliphatic carbocycles. The average molecular weight is 278 g/mol. The van der Waals surface area contributed by atoms with E-state index in [1.165, 1.54) is 6.07 Å². The first kappa shape index (κ1) is 14.0. The predicted octanol–water partition coefficient (Wildman–Crippen LogP) is 4.15. The minimum Gasteiger partial charge on any atom is -0.327 e. The highest BCUT2D eigenvalue weighted by molar-refractivity contribution is 6.30. The van der Waals surface area contributed by atoms with E-state index in [1.807, 2.05) is 30.3 Å². The van der Waals surface area contributed by atoms with Crippen LogP contribution in [0, 0.1) is 5.82 Å². The van der Waals surface area contributed by atoms with Crippen molar-refractivity contribution in [1.29, 1.82) is 0 Å². The highest BCUT2D eigenvalue weighted by atomic mass is 35.5. The largest absolute Gasteiger partial charge is 0.327 e. The van der Waals surface area contributed by atoms with Gasteiger partial charge in [0.15, 0.2) is 0 Å². The smallest absolute Gasteiger partial charge is 0.126 e. The molecule has 3 heteroatoms. The summed E-state index contributed by atoms with van der Waals surface area (Å²) in [5, 5.41) is 0.538. The van der Waals surface area contributed by atoms with Crippen LogP contribution in [-0.2, 0) is 6.42 Å². The Morgan fingerprint density at radius 1 is 1.16 bits per heavy atom. The Balaban J connectivity index is 2.12.